The minimum Gasteiger partial charge on any atom is -0.285 e. The maximum Gasteiger partial charge on any atom is 0.471 e. The molecule has 0 aliphatic rings. The van der Waals surface area contributed by atoms with E-state index in [2.05, 4.69) is 10.1 Å². The van der Waals surface area contributed by atoms with Crippen molar-refractivity contribution in [1.82, 2.24) is 14.6 Å². The Morgan fingerprint density at radius 3 is 2.68 bits per heavy atom. The number of nitro groups is 1. The molecule has 0 aromatic carbocycles. The molecule has 1 amide bonds. The van der Waals surface area contributed by atoms with E-state index in [9.17, 15) is 28.1 Å². The molecule has 2 aromatic heterocycles. The summed E-state index contributed by atoms with van der Waals surface area (Å²) in [6.45, 7) is 0. The summed E-state index contributed by atoms with van der Waals surface area (Å²) in [6, 6.07) is 2.30. The lowest BCUT2D eigenvalue weighted by atomic mass is 10.4. The van der Waals surface area contributed by atoms with Gasteiger partial charge < -0.3 is 0 Å². The lowest BCUT2D eigenvalue weighted by Crippen LogP contribution is -2.30. The SMILES string of the molecule is O=C(Nc1nc2ccc([N+](=O)[O-])cn2n1)C(F)(F)F. The molecule has 2 aromatic rings. The first-order chi connectivity index (χ1) is 8.77. The van der Waals surface area contributed by atoms with Crippen LogP contribution in [0.15, 0.2) is 18.3 Å². The topological polar surface area (TPSA) is 102 Å². The van der Waals surface area contributed by atoms with Crippen molar-refractivity contribution in [3.8, 4) is 0 Å². The number of hydrogen-bond acceptors (Lipinski definition) is 5. The zero-order chi connectivity index (χ0) is 14.2. The number of hydrogen-bond donors (Lipinski definition) is 1. The van der Waals surface area contributed by atoms with Crippen LogP contribution in [0.4, 0.5) is 24.8 Å². The zero-order valence-electron chi connectivity index (χ0n) is 8.88. The van der Waals surface area contributed by atoms with Gasteiger partial charge in [-0.3, -0.25) is 20.2 Å². The average molecular weight is 275 g/mol. The monoisotopic (exact) mass is 275 g/mol. The van der Waals surface area contributed by atoms with E-state index >= 15 is 0 Å². The van der Waals surface area contributed by atoms with Gasteiger partial charge in [-0.15, -0.1) is 5.10 Å². The van der Waals surface area contributed by atoms with Crippen molar-refractivity contribution >= 4 is 23.2 Å². The van der Waals surface area contributed by atoms with Gasteiger partial charge in [0.2, 0.25) is 5.95 Å². The van der Waals surface area contributed by atoms with E-state index in [1.54, 1.807) is 0 Å². The highest BCUT2D eigenvalue weighted by Gasteiger charge is 2.39. The number of nitrogens with zero attached hydrogens (tertiary/aromatic N) is 4. The summed E-state index contributed by atoms with van der Waals surface area (Å²) in [5.41, 5.74) is -0.255. The van der Waals surface area contributed by atoms with Gasteiger partial charge >= 0.3 is 12.1 Å². The fourth-order valence-corrected chi connectivity index (χ4v) is 1.21. The Balaban J connectivity index is 2.32. The Hall–Kier alpha value is -2.72. The molecule has 2 heterocycles. The number of rotatable bonds is 2. The lowest BCUT2D eigenvalue weighted by Gasteiger charge is -2.03. The summed E-state index contributed by atoms with van der Waals surface area (Å²) in [5, 5.41) is 15.4. The van der Waals surface area contributed by atoms with Gasteiger partial charge in [-0.2, -0.15) is 18.2 Å². The number of carbonyl (C=O) groups is 1. The molecule has 0 bridgehead atoms. The number of amides is 1. The van der Waals surface area contributed by atoms with Gasteiger partial charge in [0.15, 0.2) is 5.65 Å². The average Bonchev–Trinajstić information content (AvgIpc) is 2.68. The molecule has 0 saturated carbocycles. The summed E-state index contributed by atoms with van der Waals surface area (Å²) < 4.78 is 36.9. The van der Waals surface area contributed by atoms with Gasteiger partial charge in [-0.1, -0.05) is 0 Å². The quantitative estimate of drug-likeness (QED) is 0.653. The minimum absolute atomic E-state index is 0.0584. The van der Waals surface area contributed by atoms with Crippen molar-refractivity contribution in [2.45, 2.75) is 6.18 Å². The zero-order valence-corrected chi connectivity index (χ0v) is 8.88. The second-order valence-electron chi connectivity index (χ2n) is 3.33. The Bertz CT molecular complexity index is 665. The van der Waals surface area contributed by atoms with Crippen LogP contribution in [0.25, 0.3) is 5.65 Å². The van der Waals surface area contributed by atoms with Crippen molar-refractivity contribution < 1.29 is 22.9 Å². The van der Waals surface area contributed by atoms with E-state index in [0.717, 1.165) is 16.8 Å². The van der Waals surface area contributed by atoms with Crippen LogP contribution in [-0.4, -0.2) is 31.6 Å². The number of pyridine rings is 1. The maximum atomic E-state index is 12.0. The van der Waals surface area contributed by atoms with Gasteiger partial charge in [-0.05, 0) is 6.07 Å². The summed E-state index contributed by atoms with van der Waals surface area (Å²) in [7, 11) is 0. The fraction of sp³-hybridized carbons (Fsp3) is 0.125. The molecule has 2 rings (SSSR count). The second-order valence-corrected chi connectivity index (χ2v) is 3.33. The first kappa shape index (κ1) is 12.7. The Morgan fingerprint density at radius 1 is 1.42 bits per heavy atom. The van der Waals surface area contributed by atoms with Crippen molar-refractivity contribution in [3.63, 3.8) is 0 Å². The standard InChI is InChI=1S/C8H4F3N5O3/c9-8(10,11)6(17)13-7-12-5-2-1-4(16(18)19)3-15(5)14-7/h1-3H,(H,13,14,17). The van der Waals surface area contributed by atoms with E-state index in [4.69, 9.17) is 0 Å². The third-order valence-electron chi connectivity index (χ3n) is 2.01. The molecule has 11 heteroatoms. The second kappa shape index (κ2) is 4.19. The van der Waals surface area contributed by atoms with Crippen LogP contribution in [0.2, 0.25) is 0 Å². The van der Waals surface area contributed by atoms with Gasteiger partial charge in [0.05, 0.1) is 4.92 Å². The normalized spacial score (nSPS) is 11.5. The molecule has 0 aliphatic heterocycles. The van der Waals surface area contributed by atoms with E-state index in [0.29, 0.717) is 0 Å². The summed E-state index contributed by atoms with van der Waals surface area (Å²) in [6.07, 6.45) is -4.10. The van der Waals surface area contributed by atoms with Gasteiger partial charge in [0.25, 0.3) is 5.69 Å². The van der Waals surface area contributed by atoms with E-state index < -0.39 is 23.0 Å². The third-order valence-corrected chi connectivity index (χ3v) is 2.01. The summed E-state index contributed by atoms with van der Waals surface area (Å²) in [5.74, 6) is -2.82. The van der Waals surface area contributed by atoms with Crippen LogP contribution < -0.4 is 5.32 Å². The molecule has 0 fully saturated rings. The Labute approximate surface area is 102 Å². The highest BCUT2D eigenvalue weighted by molar-refractivity contribution is 5.93. The number of halogens is 3. The van der Waals surface area contributed by atoms with Crippen molar-refractivity contribution in [3.05, 3.63) is 28.4 Å². The highest BCUT2D eigenvalue weighted by Crippen LogP contribution is 2.18. The minimum atomic E-state index is -5.07. The molecule has 0 aliphatic carbocycles. The van der Waals surface area contributed by atoms with Crippen molar-refractivity contribution in [2.75, 3.05) is 5.32 Å². The fourth-order valence-electron chi connectivity index (χ4n) is 1.21. The summed E-state index contributed by atoms with van der Waals surface area (Å²) in [4.78, 5) is 24.0. The number of aromatic nitrogens is 3. The molecule has 0 atom stereocenters. The number of nitrogens with one attached hydrogen (secondary N) is 1. The van der Waals surface area contributed by atoms with Crippen LogP contribution in [0.5, 0.6) is 0 Å². The van der Waals surface area contributed by atoms with Crippen molar-refractivity contribution in [2.24, 2.45) is 0 Å². The molecular weight excluding hydrogens is 271 g/mol. The number of anilines is 1. The highest BCUT2D eigenvalue weighted by atomic mass is 19.4. The number of alkyl halides is 3. The number of fused-ring (bicyclic) bond motifs is 1. The Morgan fingerprint density at radius 2 is 2.11 bits per heavy atom. The van der Waals surface area contributed by atoms with Gasteiger partial charge in [-0.25, -0.2) is 4.52 Å². The molecule has 0 spiro atoms. The smallest absolute Gasteiger partial charge is 0.285 e. The maximum absolute atomic E-state index is 12.0. The predicted octanol–water partition coefficient (Wildman–Crippen LogP) is 1.14. The first-order valence-electron chi connectivity index (χ1n) is 4.66. The molecule has 0 saturated heterocycles. The van der Waals surface area contributed by atoms with Crippen LogP contribution in [0, 0.1) is 10.1 Å². The molecular formula is C8H4F3N5O3. The van der Waals surface area contributed by atoms with Crippen molar-refractivity contribution in [1.29, 1.82) is 0 Å². The van der Waals surface area contributed by atoms with Crippen LogP contribution in [-0.2, 0) is 4.79 Å². The van der Waals surface area contributed by atoms with Gasteiger partial charge in [0.1, 0.15) is 6.20 Å². The molecule has 1 N–H and O–H groups in total. The lowest BCUT2D eigenvalue weighted by molar-refractivity contribution is -0.385. The predicted molar refractivity (Wildman–Crippen MR) is 54.3 cm³/mol. The van der Waals surface area contributed by atoms with Gasteiger partial charge in [0, 0.05) is 6.07 Å². The molecule has 0 radical (unpaired) electrons. The van der Waals surface area contributed by atoms with Crippen LogP contribution >= 0.6 is 0 Å². The summed E-state index contributed by atoms with van der Waals surface area (Å²) >= 11 is 0. The molecule has 100 valence electrons. The van der Waals surface area contributed by atoms with Crippen LogP contribution in [0.1, 0.15) is 0 Å². The third kappa shape index (κ3) is 2.59. The molecule has 19 heavy (non-hydrogen) atoms. The van der Waals surface area contributed by atoms with E-state index in [1.807, 2.05) is 0 Å². The van der Waals surface area contributed by atoms with Crippen LogP contribution in [0.3, 0.4) is 0 Å². The first-order valence-corrected chi connectivity index (χ1v) is 4.66. The largest absolute Gasteiger partial charge is 0.471 e. The van der Waals surface area contributed by atoms with E-state index in [-0.39, 0.29) is 11.3 Å². The van der Waals surface area contributed by atoms with E-state index in [1.165, 1.54) is 11.4 Å². The molecule has 0 unspecified atom stereocenters. The Kier molecular flexibility index (Phi) is 2.81. The molecule has 8 nitrogen and oxygen atoms in total. The number of carbonyl (C=O) groups excluding carboxylic acids is 1.